The first kappa shape index (κ1) is 20.4. The van der Waals surface area contributed by atoms with E-state index >= 15 is 0 Å². The largest absolute Gasteiger partial charge is 0.486 e. The predicted octanol–water partition coefficient (Wildman–Crippen LogP) is 5.14. The second-order valence-electron chi connectivity index (χ2n) is 6.47. The van der Waals surface area contributed by atoms with Gasteiger partial charge in [0.25, 0.3) is 0 Å². The van der Waals surface area contributed by atoms with Crippen LogP contribution < -0.4 is 9.46 Å². The summed E-state index contributed by atoms with van der Waals surface area (Å²) in [5, 5.41) is 0.611. The van der Waals surface area contributed by atoms with Gasteiger partial charge in [-0.1, -0.05) is 59.6 Å². The van der Waals surface area contributed by atoms with E-state index in [0.29, 0.717) is 17.2 Å². The van der Waals surface area contributed by atoms with Gasteiger partial charge in [-0.15, -0.1) is 0 Å². The molecule has 1 atom stereocenters. The summed E-state index contributed by atoms with van der Waals surface area (Å²) >= 11 is 6.12. The maximum Gasteiger partial charge on any atom is 0.240 e. The molecule has 1 N–H and O–H groups in total. The number of hydrogen-bond acceptors (Lipinski definition) is 3. The monoisotopic (exact) mass is 415 g/mol. The van der Waals surface area contributed by atoms with Gasteiger partial charge in [0.15, 0.2) is 0 Å². The van der Waals surface area contributed by atoms with Crippen LogP contribution in [0, 0.1) is 6.92 Å². The topological polar surface area (TPSA) is 55.4 Å². The lowest BCUT2D eigenvalue weighted by atomic mass is 10.1. The number of ether oxygens (including phenoxy) is 1. The fourth-order valence-corrected chi connectivity index (χ4v) is 4.04. The van der Waals surface area contributed by atoms with E-state index in [9.17, 15) is 8.42 Å². The number of benzene rings is 3. The summed E-state index contributed by atoms with van der Waals surface area (Å²) in [4.78, 5) is 0.251. The third kappa shape index (κ3) is 5.58. The molecule has 3 rings (SSSR count). The zero-order valence-corrected chi connectivity index (χ0v) is 17.1. The highest BCUT2D eigenvalue weighted by molar-refractivity contribution is 7.89. The van der Waals surface area contributed by atoms with Crippen molar-refractivity contribution in [3.63, 3.8) is 0 Å². The van der Waals surface area contributed by atoms with Crippen LogP contribution in [-0.2, 0) is 10.0 Å². The van der Waals surface area contributed by atoms with E-state index in [0.717, 1.165) is 11.1 Å². The summed E-state index contributed by atoms with van der Waals surface area (Å²) in [6.45, 7) is 2.15. The molecule has 0 amide bonds. The van der Waals surface area contributed by atoms with E-state index in [2.05, 4.69) is 4.72 Å². The molecule has 1 unspecified atom stereocenters. The molecule has 0 aromatic heterocycles. The maximum absolute atomic E-state index is 12.5. The summed E-state index contributed by atoms with van der Waals surface area (Å²) < 4.78 is 33.8. The van der Waals surface area contributed by atoms with Crippen molar-refractivity contribution >= 4 is 21.6 Å². The molecule has 0 aliphatic heterocycles. The van der Waals surface area contributed by atoms with E-state index in [1.165, 1.54) is 0 Å². The standard InChI is InChI=1S/C22H22ClNO3S/c1-17-10-12-21(13-11-17)28(25,26)24-15-14-22(18-6-5-7-19(23)16-18)27-20-8-3-2-4-9-20/h2-13,16,22,24H,14-15H2,1H3. The number of halogens is 1. The fourth-order valence-electron chi connectivity index (χ4n) is 2.79. The minimum Gasteiger partial charge on any atom is -0.486 e. The van der Waals surface area contributed by atoms with Gasteiger partial charge in [0.1, 0.15) is 11.9 Å². The SMILES string of the molecule is Cc1ccc(S(=O)(=O)NCCC(Oc2ccccc2)c2cccc(Cl)c2)cc1. The second-order valence-corrected chi connectivity index (χ2v) is 8.68. The van der Waals surface area contributed by atoms with Crippen molar-refractivity contribution in [2.24, 2.45) is 0 Å². The molecule has 28 heavy (non-hydrogen) atoms. The molecule has 0 saturated heterocycles. The van der Waals surface area contributed by atoms with E-state index < -0.39 is 10.0 Å². The first-order valence-corrected chi connectivity index (χ1v) is 10.8. The molecule has 0 radical (unpaired) electrons. The molecule has 4 nitrogen and oxygen atoms in total. The first-order valence-electron chi connectivity index (χ1n) is 8.97. The van der Waals surface area contributed by atoms with Crippen LogP contribution in [0.2, 0.25) is 5.02 Å². The molecule has 0 aliphatic rings. The molecule has 0 aliphatic carbocycles. The molecular formula is C22H22ClNO3S. The summed E-state index contributed by atoms with van der Waals surface area (Å²) in [5.74, 6) is 0.717. The lowest BCUT2D eigenvalue weighted by Gasteiger charge is -2.20. The van der Waals surface area contributed by atoms with Crippen LogP contribution >= 0.6 is 11.6 Å². The van der Waals surface area contributed by atoms with E-state index in [4.69, 9.17) is 16.3 Å². The van der Waals surface area contributed by atoms with Gasteiger partial charge in [-0.25, -0.2) is 13.1 Å². The minimum absolute atomic E-state index is 0.236. The number of para-hydroxylation sites is 1. The fraction of sp³-hybridized carbons (Fsp3) is 0.182. The molecule has 3 aromatic rings. The summed E-state index contributed by atoms with van der Waals surface area (Å²) in [6.07, 6.45) is 0.127. The van der Waals surface area contributed by atoms with Crippen LogP contribution in [0.4, 0.5) is 0 Å². The highest BCUT2D eigenvalue weighted by atomic mass is 35.5. The first-order chi connectivity index (χ1) is 13.4. The van der Waals surface area contributed by atoms with E-state index in [-0.39, 0.29) is 17.5 Å². The van der Waals surface area contributed by atoms with Crippen molar-refractivity contribution in [1.82, 2.24) is 4.72 Å². The summed E-state index contributed by atoms with van der Waals surface area (Å²) in [5.41, 5.74) is 1.90. The van der Waals surface area contributed by atoms with Gasteiger partial charge in [-0.3, -0.25) is 0 Å². The van der Waals surface area contributed by atoms with E-state index in [1.807, 2.05) is 55.5 Å². The Bertz CT molecular complexity index is 1010. The zero-order valence-electron chi connectivity index (χ0n) is 15.5. The Balaban J connectivity index is 1.71. The molecule has 0 spiro atoms. The van der Waals surface area contributed by atoms with Crippen molar-refractivity contribution in [3.05, 3.63) is 95.0 Å². The van der Waals surface area contributed by atoms with E-state index in [1.54, 1.807) is 30.3 Å². The average Bonchev–Trinajstić information content (AvgIpc) is 2.68. The van der Waals surface area contributed by atoms with Crippen LogP contribution in [0.15, 0.2) is 83.8 Å². The number of sulfonamides is 1. The summed E-state index contributed by atoms with van der Waals surface area (Å²) in [6, 6.07) is 23.6. The Kier molecular flexibility index (Phi) is 6.73. The van der Waals surface area contributed by atoms with Crippen LogP contribution in [0.5, 0.6) is 5.75 Å². The van der Waals surface area contributed by atoms with Gasteiger partial charge in [0.05, 0.1) is 4.90 Å². The third-order valence-electron chi connectivity index (χ3n) is 4.27. The highest BCUT2D eigenvalue weighted by Gasteiger charge is 2.18. The molecule has 0 heterocycles. The molecule has 0 fully saturated rings. The zero-order chi connectivity index (χ0) is 20.0. The Hall–Kier alpha value is -2.34. The Morgan fingerprint density at radius 1 is 0.964 bits per heavy atom. The van der Waals surface area contributed by atoms with Crippen molar-refractivity contribution < 1.29 is 13.2 Å². The molecule has 6 heteroatoms. The highest BCUT2D eigenvalue weighted by Crippen LogP contribution is 2.26. The van der Waals surface area contributed by atoms with Crippen molar-refractivity contribution in [2.45, 2.75) is 24.3 Å². The van der Waals surface area contributed by atoms with Gasteiger partial charge in [0, 0.05) is 18.0 Å². The van der Waals surface area contributed by atoms with Crippen LogP contribution in [-0.4, -0.2) is 15.0 Å². The normalized spacial score (nSPS) is 12.5. The van der Waals surface area contributed by atoms with Crippen LogP contribution in [0.1, 0.15) is 23.7 Å². The molecule has 0 saturated carbocycles. The average molecular weight is 416 g/mol. The maximum atomic E-state index is 12.5. The molecule has 146 valence electrons. The lowest BCUT2D eigenvalue weighted by molar-refractivity contribution is 0.196. The van der Waals surface area contributed by atoms with Gasteiger partial charge in [0.2, 0.25) is 10.0 Å². The number of aryl methyl sites for hydroxylation is 1. The third-order valence-corrected chi connectivity index (χ3v) is 5.98. The van der Waals surface area contributed by atoms with Crippen molar-refractivity contribution in [2.75, 3.05) is 6.54 Å². The van der Waals surface area contributed by atoms with Crippen molar-refractivity contribution in [1.29, 1.82) is 0 Å². The van der Waals surface area contributed by atoms with Gasteiger partial charge < -0.3 is 4.74 Å². The van der Waals surface area contributed by atoms with Crippen LogP contribution in [0.25, 0.3) is 0 Å². The van der Waals surface area contributed by atoms with Gasteiger partial charge in [-0.2, -0.15) is 0 Å². The van der Waals surface area contributed by atoms with Gasteiger partial charge in [-0.05, 0) is 48.9 Å². The van der Waals surface area contributed by atoms with Gasteiger partial charge >= 0.3 is 0 Å². The quantitative estimate of drug-likeness (QED) is 0.554. The summed E-state index contributed by atoms with van der Waals surface area (Å²) in [7, 11) is -3.57. The lowest BCUT2D eigenvalue weighted by Crippen LogP contribution is -2.26. The predicted molar refractivity (Wildman–Crippen MR) is 112 cm³/mol. The second kappa shape index (κ2) is 9.24. The smallest absolute Gasteiger partial charge is 0.240 e. The minimum atomic E-state index is -3.57. The number of nitrogens with one attached hydrogen (secondary N) is 1. The molecule has 0 bridgehead atoms. The Morgan fingerprint density at radius 2 is 1.68 bits per heavy atom. The van der Waals surface area contributed by atoms with Crippen LogP contribution in [0.3, 0.4) is 0 Å². The Morgan fingerprint density at radius 3 is 2.36 bits per heavy atom. The number of rotatable bonds is 8. The van der Waals surface area contributed by atoms with Crippen molar-refractivity contribution in [3.8, 4) is 5.75 Å². The molecule has 3 aromatic carbocycles. The molecular weight excluding hydrogens is 394 g/mol. The number of hydrogen-bond donors (Lipinski definition) is 1. The Labute approximate surface area is 171 Å².